The van der Waals surface area contributed by atoms with Gasteiger partial charge in [-0.25, -0.2) is 0 Å². The second-order valence-electron chi connectivity index (χ2n) is 7.34. The van der Waals surface area contributed by atoms with Gasteiger partial charge in [0.1, 0.15) is 0 Å². The SMILES string of the molecule is CSC(C)CCN1CC2(CCCCC2)NCC1C(C)C. The molecule has 1 saturated carbocycles. The van der Waals surface area contributed by atoms with E-state index in [4.69, 9.17) is 0 Å². The molecule has 1 saturated heterocycles. The van der Waals surface area contributed by atoms with Crippen molar-refractivity contribution in [2.45, 2.75) is 76.1 Å². The van der Waals surface area contributed by atoms with E-state index in [9.17, 15) is 0 Å². The van der Waals surface area contributed by atoms with Crippen molar-refractivity contribution < 1.29 is 0 Å². The van der Waals surface area contributed by atoms with Gasteiger partial charge in [0.15, 0.2) is 0 Å². The number of hydrogen-bond donors (Lipinski definition) is 1. The molecule has 1 N–H and O–H groups in total. The number of thioether (sulfide) groups is 1. The van der Waals surface area contributed by atoms with Crippen molar-refractivity contribution in [2.24, 2.45) is 5.92 Å². The Morgan fingerprint density at radius 2 is 1.90 bits per heavy atom. The topological polar surface area (TPSA) is 15.3 Å². The first-order chi connectivity index (χ1) is 9.56. The Balaban J connectivity index is 1.97. The fraction of sp³-hybridized carbons (Fsp3) is 1.00. The van der Waals surface area contributed by atoms with E-state index in [0.29, 0.717) is 5.54 Å². The summed E-state index contributed by atoms with van der Waals surface area (Å²) in [5.74, 6) is 0.757. The molecule has 2 atom stereocenters. The number of nitrogens with one attached hydrogen (secondary N) is 1. The zero-order valence-corrected chi connectivity index (χ0v) is 14.8. The Kier molecular flexibility index (Phi) is 6.25. The summed E-state index contributed by atoms with van der Waals surface area (Å²) in [7, 11) is 0. The zero-order chi connectivity index (χ0) is 14.6. The molecule has 2 fully saturated rings. The summed E-state index contributed by atoms with van der Waals surface area (Å²) in [6.45, 7) is 10.9. The largest absolute Gasteiger partial charge is 0.308 e. The molecule has 2 aliphatic rings. The van der Waals surface area contributed by atoms with E-state index in [0.717, 1.165) is 17.2 Å². The number of piperazine rings is 1. The molecule has 0 aromatic heterocycles. The lowest BCUT2D eigenvalue weighted by molar-refractivity contribution is 0.0360. The molecule has 0 aromatic rings. The van der Waals surface area contributed by atoms with Gasteiger partial charge in [-0.3, -0.25) is 4.90 Å². The van der Waals surface area contributed by atoms with E-state index in [-0.39, 0.29) is 0 Å². The van der Waals surface area contributed by atoms with Crippen LogP contribution in [-0.2, 0) is 0 Å². The summed E-state index contributed by atoms with van der Waals surface area (Å²) >= 11 is 2.01. The Hall–Kier alpha value is 0.270. The average Bonchev–Trinajstić information content (AvgIpc) is 2.45. The van der Waals surface area contributed by atoms with Crippen molar-refractivity contribution in [2.75, 3.05) is 25.9 Å². The van der Waals surface area contributed by atoms with Crippen LogP contribution in [0.25, 0.3) is 0 Å². The Labute approximate surface area is 130 Å². The van der Waals surface area contributed by atoms with Crippen LogP contribution in [0.3, 0.4) is 0 Å². The Bertz CT molecular complexity index is 287. The van der Waals surface area contributed by atoms with Crippen molar-refractivity contribution in [1.29, 1.82) is 0 Å². The molecule has 0 amide bonds. The first-order valence-electron chi connectivity index (χ1n) is 8.58. The smallest absolute Gasteiger partial charge is 0.0309 e. The van der Waals surface area contributed by atoms with Crippen LogP contribution in [0.15, 0.2) is 0 Å². The molecule has 118 valence electrons. The van der Waals surface area contributed by atoms with Crippen molar-refractivity contribution in [3.63, 3.8) is 0 Å². The lowest BCUT2D eigenvalue weighted by Gasteiger charge is -2.51. The molecule has 0 bridgehead atoms. The Morgan fingerprint density at radius 3 is 2.50 bits per heavy atom. The third-order valence-electron chi connectivity index (χ3n) is 5.47. The molecule has 2 unspecified atom stereocenters. The normalized spacial score (nSPS) is 28.9. The maximum Gasteiger partial charge on any atom is 0.0309 e. The standard InChI is InChI=1S/C17H34N2S/c1-14(2)16-12-18-17(9-6-5-7-10-17)13-19(16)11-8-15(3)20-4/h14-16,18H,5-13H2,1-4H3. The third kappa shape index (κ3) is 4.14. The third-order valence-corrected chi connectivity index (χ3v) is 6.51. The molecule has 1 aliphatic heterocycles. The lowest BCUT2D eigenvalue weighted by Crippen LogP contribution is -2.66. The molecule has 1 aliphatic carbocycles. The van der Waals surface area contributed by atoms with Gasteiger partial charge in [-0.2, -0.15) is 11.8 Å². The van der Waals surface area contributed by atoms with Gasteiger partial charge in [-0.15, -0.1) is 0 Å². The summed E-state index contributed by atoms with van der Waals surface area (Å²) in [6, 6.07) is 0.733. The second kappa shape index (κ2) is 7.51. The van der Waals surface area contributed by atoms with Gasteiger partial charge in [0.25, 0.3) is 0 Å². The van der Waals surface area contributed by atoms with Gasteiger partial charge in [0.05, 0.1) is 0 Å². The molecule has 1 spiro atoms. The van der Waals surface area contributed by atoms with Crippen LogP contribution in [0.4, 0.5) is 0 Å². The van der Waals surface area contributed by atoms with Crippen LogP contribution in [0.5, 0.6) is 0 Å². The summed E-state index contributed by atoms with van der Waals surface area (Å²) in [5.41, 5.74) is 0.451. The van der Waals surface area contributed by atoms with Gasteiger partial charge in [-0.05, 0) is 38.0 Å². The molecule has 20 heavy (non-hydrogen) atoms. The highest BCUT2D eigenvalue weighted by Gasteiger charge is 2.40. The van der Waals surface area contributed by atoms with Crippen LogP contribution >= 0.6 is 11.8 Å². The minimum absolute atomic E-state index is 0.451. The van der Waals surface area contributed by atoms with Gasteiger partial charge in [0, 0.05) is 29.9 Å². The van der Waals surface area contributed by atoms with Crippen molar-refractivity contribution in [3.8, 4) is 0 Å². The van der Waals surface area contributed by atoms with Gasteiger partial charge >= 0.3 is 0 Å². The van der Waals surface area contributed by atoms with Gasteiger partial charge in [0.2, 0.25) is 0 Å². The van der Waals surface area contributed by atoms with Crippen LogP contribution in [0.1, 0.15) is 59.3 Å². The highest BCUT2D eigenvalue weighted by atomic mass is 32.2. The first-order valence-corrected chi connectivity index (χ1v) is 9.87. The van der Waals surface area contributed by atoms with E-state index >= 15 is 0 Å². The van der Waals surface area contributed by atoms with Crippen LogP contribution in [0.2, 0.25) is 0 Å². The molecule has 0 radical (unpaired) electrons. The van der Waals surface area contributed by atoms with Gasteiger partial charge in [-0.1, -0.05) is 40.0 Å². The lowest BCUT2D eigenvalue weighted by atomic mass is 9.78. The van der Waals surface area contributed by atoms with Crippen LogP contribution in [-0.4, -0.2) is 47.6 Å². The number of rotatable bonds is 5. The average molecular weight is 299 g/mol. The Morgan fingerprint density at radius 1 is 1.20 bits per heavy atom. The van der Waals surface area contributed by atoms with E-state index in [1.165, 1.54) is 58.2 Å². The second-order valence-corrected chi connectivity index (χ2v) is 8.61. The molecule has 3 heteroatoms. The van der Waals surface area contributed by atoms with E-state index in [1.54, 1.807) is 0 Å². The maximum absolute atomic E-state index is 3.95. The predicted molar refractivity (Wildman–Crippen MR) is 91.6 cm³/mol. The van der Waals surface area contributed by atoms with Crippen molar-refractivity contribution >= 4 is 11.8 Å². The highest BCUT2D eigenvalue weighted by Crippen LogP contribution is 2.33. The van der Waals surface area contributed by atoms with E-state index in [1.807, 2.05) is 11.8 Å². The predicted octanol–water partition coefficient (Wildman–Crippen LogP) is 3.76. The molecular formula is C17H34N2S. The van der Waals surface area contributed by atoms with E-state index < -0.39 is 0 Å². The van der Waals surface area contributed by atoms with Crippen molar-refractivity contribution in [3.05, 3.63) is 0 Å². The molecule has 1 heterocycles. The minimum Gasteiger partial charge on any atom is -0.308 e. The summed E-state index contributed by atoms with van der Waals surface area (Å²) in [6.07, 6.45) is 10.7. The summed E-state index contributed by atoms with van der Waals surface area (Å²) < 4.78 is 0. The quantitative estimate of drug-likeness (QED) is 0.832. The van der Waals surface area contributed by atoms with Gasteiger partial charge < -0.3 is 5.32 Å². The number of hydrogen-bond acceptors (Lipinski definition) is 3. The fourth-order valence-electron chi connectivity index (χ4n) is 3.94. The van der Waals surface area contributed by atoms with Crippen molar-refractivity contribution in [1.82, 2.24) is 10.2 Å². The monoisotopic (exact) mass is 298 g/mol. The summed E-state index contributed by atoms with van der Waals surface area (Å²) in [4.78, 5) is 2.82. The maximum atomic E-state index is 3.95. The zero-order valence-electron chi connectivity index (χ0n) is 14.0. The fourth-order valence-corrected chi connectivity index (χ4v) is 4.28. The molecule has 0 aromatic carbocycles. The highest BCUT2D eigenvalue weighted by molar-refractivity contribution is 7.99. The van der Waals surface area contributed by atoms with E-state index in [2.05, 4.69) is 37.2 Å². The van der Waals surface area contributed by atoms with Crippen LogP contribution in [0, 0.1) is 5.92 Å². The first kappa shape index (κ1) is 16.6. The molecule has 2 rings (SSSR count). The van der Waals surface area contributed by atoms with Crippen LogP contribution < -0.4 is 5.32 Å². The number of nitrogens with zero attached hydrogens (tertiary/aromatic N) is 1. The molecule has 2 nitrogen and oxygen atoms in total. The minimum atomic E-state index is 0.451. The summed E-state index contributed by atoms with van der Waals surface area (Å²) in [5, 5.41) is 4.74. The molecular weight excluding hydrogens is 264 g/mol.